The average molecular weight is 437 g/mol. The number of hydrogen-bond donors (Lipinski definition) is 3. The number of thioether (sulfide) groups is 1. The van der Waals surface area contributed by atoms with E-state index >= 15 is 0 Å². The number of hydrazone groups is 1. The molecular weight excluding hydrogens is 411 g/mol. The summed E-state index contributed by atoms with van der Waals surface area (Å²) in [5.74, 6) is -0.134. The minimum absolute atomic E-state index is 0.186. The zero-order valence-corrected chi connectivity index (χ0v) is 17.5. The van der Waals surface area contributed by atoms with Crippen molar-refractivity contribution in [1.29, 1.82) is 0 Å². The molecule has 2 amide bonds. The van der Waals surface area contributed by atoms with Crippen LogP contribution in [0.5, 0.6) is 0 Å². The van der Waals surface area contributed by atoms with Crippen LogP contribution in [0.2, 0.25) is 0 Å². The Kier molecular flexibility index (Phi) is 5.89. The Morgan fingerprint density at radius 1 is 1.43 bits per heavy atom. The zero-order valence-electron chi connectivity index (χ0n) is 16.6. The molecule has 3 aliphatic rings. The van der Waals surface area contributed by atoms with Crippen LogP contribution in [0.3, 0.4) is 0 Å². The molecule has 3 heterocycles. The van der Waals surface area contributed by atoms with Crippen molar-refractivity contribution in [3.63, 3.8) is 0 Å². The highest BCUT2D eigenvalue weighted by molar-refractivity contribution is 8.14. The van der Waals surface area contributed by atoms with E-state index in [0.717, 1.165) is 25.9 Å². The van der Waals surface area contributed by atoms with Crippen molar-refractivity contribution in [2.75, 3.05) is 36.0 Å². The van der Waals surface area contributed by atoms with Gasteiger partial charge in [-0.15, -0.1) is 0 Å². The van der Waals surface area contributed by atoms with Gasteiger partial charge < -0.3 is 20.7 Å². The lowest BCUT2D eigenvalue weighted by Crippen LogP contribution is -2.40. The van der Waals surface area contributed by atoms with Crippen molar-refractivity contribution in [1.82, 2.24) is 10.7 Å². The second kappa shape index (κ2) is 8.58. The fourth-order valence-corrected chi connectivity index (χ4v) is 4.91. The number of amides is 2. The van der Waals surface area contributed by atoms with Gasteiger partial charge in [0.2, 0.25) is 5.91 Å². The van der Waals surface area contributed by atoms with Gasteiger partial charge in [0.05, 0.1) is 29.8 Å². The number of anilines is 2. The van der Waals surface area contributed by atoms with Crippen LogP contribution in [-0.4, -0.2) is 54.8 Å². The number of cyclic esters (lactones) is 1. The molecule has 2 fully saturated rings. The van der Waals surface area contributed by atoms with Crippen molar-refractivity contribution < 1.29 is 18.7 Å². The minimum Gasteiger partial charge on any atom is -0.442 e. The Morgan fingerprint density at radius 3 is 2.83 bits per heavy atom. The second-order valence-corrected chi connectivity index (χ2v) is 8.79. The van der Waals surface area contributed by atoms with Gasteiger partial charge >= 0.3 is 6.09 Å². The van der Waals surface area contributed by atoms with Gasteiger partial charge in [-0.3, -0.25) is 15.1 Å². The van der Waals surface area contributed by atoms with Crippen LogP contribution >= 0.6 is 11.8 Å². The first-order valence-corrected chi connectivity index (χ1v) is 10.8. The fraction of sp³-hybridized carbons (Fsp3) is 0.526. The third-order valence-electron chi connectivity index (χ3n) is 5.55. The number of nitrogens with one attached hydrogen (secondary N) is 2. The lowest BCUT2D eigenvalue weighted by molar-refractivity contribution is -0.119. The highest BCUT2D eigenvalue weighted by Gasteiger charge is 2.34. The van der Waals surface area contributed by atoms with Crippen molar-refractivity contribution in [3.8, 4) is 0 Å². The molecular formula is C19H25FN6O3S. The Balaban J connectivity index is 1.36. The molecule has 0 aromatic heterocycles. The number of ether oxygens (including phenoxy) is 1. The van der Waals surface area contributed by atoms with Crippen molar-refractivity contribution >= 4 is 40.3 Å². The number of carbonyl (C=O) groups is 2. The number of piperidine rings is 1. The number of nitrogens with zero attached hydrogens (tertiary/aromatic N) is 3. The van der Waals surface area contributed by atoms with Crippen LogP contribution in [-0.2, 0) is 9.53 Å². The lowest BCUT2D eigenvalue weighted by atomic mass is 9.96. The van der Waals surface area contributed by atoms with Crippen molar-refractivity contribution in [3.05, 3.63) is 24.0 Å². The van der Waals surface area contributed by atoms with Crippen molar-refractivity contribution in [2.45, 2.75) is 31.2 Å². The summed E-state index contributed by atoms with van der Waals surface area (Å²) in [4.78, 5) is 26.6. The average Bonchev–Trinajstić information content (AvgIpc) is 3.32. The molecule has 0 aliphatic carbocycles. The van der Waals surface area contributed by atoms with E-state index in [1.54, 1.807) is 23.9 Å². The number of amidine groups is 1. The molecule has 0 saturated carbocycles. The molecule has 2 saturated heterocycles. The van der Waals surface area contributed by atoms with Crippen LogP contribution in [0.25, 0.3) is 0 Å². The molecule has 1 aromatic carbocycles. The van der Waals surface area contributed by atoms with Gasteiger partial charge in [0.1, 0.15) is 11.9 Å². The Bertz CT molecular complexity index is 861. The van der Waals surface area contributed by atoms with Crippen LogP contribution in [0.1, 0.15) is 19.8 Å². The molecule has 2 atom stereocenters. The smallest absolute Gasteiger partial charge is 0.414 e. The largest absolute Gasteiger partial charge is 0.442 e. The maximum absolute atomic E-state index is 14.9. The number of halogens is 1. The van der Waals surface area contributed by atoms with Gasteiger partial charge in [-0.2, -0.15) is 5.10 Å². The van der Waals surface area contributed by atoms with Gasteiger partial charge in [-0.1, -0.05) is 11.8 Å². The van der Waals surface area contributed by atoms with E-state index in [2.05, 4.69) is 15.8 Å². The Morgan fingerprint density at radius 2 is 2.20 bits per heavy atom. The van der Waals surface area contributed by atoms with E-state index in [1.165, 1.54) is 17.9 Å². The monoisotopic (exact) mass is 436 g/mol. The normalized spacial score (nSPS) is 24.5. The predicted octanol–water partition coefficient (Wildman–Crippen LogP) is 1.40. The lowest BCUT2D eigenvalue weighted by Gasteiger charge is -2.35. The summed E-state index contributed by atoms with van der Waals surface area (Å²) in [6, 6.07) is 4.81. The maximum Gasteiger partial charge on any atom is 0.414 e. The quantitative estimate of drug-likeness (QED) is 0.640. The summed E-state index contributed by atoms with van der Waals surface area (Å²) in [5.41, 5.74) is 9.76. The van der Waals surface area contributed by atoms with Gasteiger partial charge in [0.25, 0.3) is 0 Å². The Hall–Kier alpha value is -2.69. The first kappa shape index (κ1) is 20.6. The number of benzene rings is 1. The van der Waals surface area contributed by atoms with Crippen LogP contribution in [0, 0.1) is 11.7 Å². The molecule has 11 heteroatoms. The molecule has 0 bridgehead atoms. The van der Waals surface area contributed by atoms with E-state index < -0.39 is 12.2 Å². The van der Waals surface area contributed by atoms with Crippen LogP contribution < -0.4 is 26.3 Å². The molecule has 30 heavy (non-hydrogen) atoms. The van der Waals surface area contributed by atoms with Crippen LogP contribution in [0.15, 0.2) is 23.3 Å². The molecule has 1 aromatic rings. The van der Waals surface area contributed by atoms with Gasteiger partial charge in [-0.05, 0) is 37.0 Å². The van der Waals surface area contributed by atoms with Gasteiger partial charge in [0, 0.05) is 20.0 Å². The molecule has 4 N–H and O–H groups in total. The number of rotatable bonds is 5. The molecule has 9 nitrogen and oxygen atoms in total. The highest BCUT2D eigenvalue weighted by atomic mass is 32.2. The second-order valence-electron chi connectivity index (χ2n) is 7.63. The van der Waals surface area contributed by atoms with Crippen molar-refractivity contribution in [2.24, 2.45) is 16.8 Å². The minimum atomic E-state index is -0.540. The number of carbonyl (C=O) groups excluding carboxylic acids is 2. The summed E-state index contributed by atoms with van der Waals surface area (Å²) in [7, 11) is 0. The summed E-state index contributed by atoms with van der Waals surface area (Å²) >= 11 is 1.55. The van der Waals surface area contributed by atoms with Crippen LogP contribution in [0.4, 0.5) is 20.6 Å². The summed E-state index contributed by atoms with van der Waals surface area (Å²) < 4.78 is 20.1. The highest BCUT2D eigenvalue weighted by Crippen LogP contribution is 2.34. The molecule has 3 aliphatic heterocycles. The topological polar surface area (TPSA) is 112 Å². The SMILES string of the molecule is CC(=O)NC[C@H]1CN(c2ccc(N3CCC(C4NN=C(N)S4)CC3)c(F)c2)C(=O)O1. The Labute approximate surface area is 178 Å². The molecule has 0 radical (unpaired) electrons. The van der Waals surface area contributed by atoms with E-state index in [9.17, 15) is 14.0 Å². The number of hydrogen-bond acceptors (Lipinski definition) is 8. The fourth-order valence-electron chi connectivity index (χ4n) is 3.97. The molecule has 1 unspecified atom stereocenters. The summed E-state index contributed by atoms with van der Waals surface area (Å²) in [6.45, 7) is 3.38. The first-order valence-electron chi connectivity index (χ1n) is 9.93. The van der Waals surface area contributed by atoms with Gasteiger partial charge in [-0.25, -0.2) is 9.18 Å². The van der Waals surface area contributed by atoms with E-state index in [4.69, 9.17) is 10.5 Å². The van der Waals surface area contributed by atoms with E-state index in [0.29, 0.717) is 22.5 Å². The molecule has 162 valence electrons. The summed E-state index contributed by atoms with van der Waals surface area (Å²) in [5, 5.41) is 7.40. The first-order chi connectivity index (χ1) is 14.4. The predicted molar refractivity (Wildman–Crippen MR) is 114 cm³/mol. The zero-order chi connectivity index (χ0) is 21.3. The summed E-state index contributed by atoms with van der Waals surface area (Å²) in [6.07, 6.45) is 0.834. The molecule has 0 spiro atoms. The van der Waals surface area contributed by atoms with Gasteiger partial charge in [0.15, 0.2) is 5.17 Å². The van der Waals surface area contributed by atoms with E-state index in [-0.39, 0.29) is 30.2 Å². The maximum atomic E-state index is 14.9. The molecule has 4 rings (SSSR count). The third kappa shape index (κ3) is 4.40. The standard InChI is InChI=1S/C19H25FN6O3S/c1-11(27)22-9-14-10-26(19(28)29-14)13-2-3-16(15(20)8-13)25-6-4-12(5-7-25)17-23-24-18(21)30-17/h2-3,8,12,14,17,23H,4-7,9-10H2,1H3,(H2,21,24)(H,22,27)/t14-,17?/m0/s1. The third-order valence-corrected chi connectivity index (χ3v) is 6.63. The number of nitrogens with two attached hydrogens (primary N) is 1. The van der Waals surface area contributed by atoms with E-state index in [1.807, 2.05) is 4.90 Å².